The second-order valence-corrected chi connectivity index (χ2v) is 7.70. The number of benzene rings is 2. The Labute approximate surface area is 174 Å². The summed E-state index contributed by atoms with van der Waals surface area (Å²) in [5.41, 5.74) is 6.62. The van der Waals surface area contributed by atoms with Crippen LogP contribution < -0.4 is 5.73 Å². The van der Waals surface area contributed by atoms with Crippen molar-refractivity contribution < 1.29 is 18.0 Å². The van der Waals surface area contributed by atoms with Gasteiger partial charge in [0.05, 0.1) is 17.8 Å². The Bertz CT molecular complexity index is 919. The van der Waals surface area contributed by atoms with Crippen molar-refractivity contribution in [3.05, 3.63) is 81.6 Å². The van der Waals surface area contributed by atoms with Crippen LogP contribution in [0.1, 0.15) is 22.7 Å². The normalized spacial score (nSPS) is 19.4. The minimum Gasteiger partial charge on any atom is -0.403 e. The lowest BCUT2D eigenvalue weighted by atomic mass is 10.0. The molecule has 1 aliphatic rings. The number of carbonyl (C=O) groups is 1. The van der Waals surface area contributed by atoms with Gasteiger partial charge < -0.3 is 14.9 Å². The third kappa shape index (κ3) is 4.30. The first-order valence-electron chi connectivity index (χ1n) is 8.30. The van der Waals surface area contributed by atoms with Gasteiger partial charge in [0.15, 0.2) is 0 Å². The van der Waals surface area contributed by atoms with Crippen LogP contribution in [-0.4, -0.2) is 21.7 Å². The smallest absolute Gasteiger partial charge is 0.403 e. The Morgan fingerprint density at radius 3 is 2.57 bits per heavy atom. The molecule has 1 fully saturated rings. The summed E-state index contributed by atoms with van der Waals surface area (Å²) in [6.45, 7) is 0.186. The van der Waals surface area contributed by atoms with Crippen LogP contribution in [0.4, 0.5) is 13.2 Å². The van der Waals surface area contributed by atoms with Crippen LogP contribution in [0.2, 0.25) is 0 Å². The van der Waals surface area contributed by atoms with E-state index in [1.807, 2.05) is 6.07 Å². The average molecular weight is 472 g/mol. The molecule has 4 nitrogen and oxygen atoms in total. The zero-order valence-corrected chi connectivity index (χ0v) is 17.0. The summed E-state index contributed by atoms with van der Waals surface area (Å²) in [5.74, 6) is -0.267. The molecule has 3 rings (SSSR count). The van der Waals surface area contributed by atoms with Gasteiger partial charge in [0.2, 0.25) is 0 Å². The summed E-state index contributed by atoms with van der Waals surface area (Å²) in [6, 6.07) is 11.4. The van der Waals surface area contributed by atoms with Gasteiger partial charge in [-0.3, -0.25) is 4.79 Å². The first kappa shape index (κ1) is 20.6. The lowest BCUT2D eigenvalue weighted by molar-refractivity contribution is -0.137. The van der Waals surface area contributed by atoms with Crippen molar-refractivity contribution in [3.63, 3.8) is 0 Å². The van der Waals surface area contributed by atoms with Gasteiger partial charge in [-0.15, -0.1) is 0 Å². The molecule has 2 N–H and O–H groups in total. The molecule has 0 bridgehead atoms. The first-order chi connectivity index (χ1) is 13.2. The molecule has 1 amide bonds. The molecule has 1 aliphatic heterocycles. The molecular weight excluding hydrogens is 455 g/mol. The van der Waals surface area contributed by atoms with E-state index in [1.165, 1.54) is 21.5 Å². The highest BCUT2D eigenvalue weighted by molar-refractivity contribution is 9.10. The number of alkyl halides is 3. The summed E-state index contributed by atoms with van der Waals surface area (Å²) in [7, 11) is 0. The Morgan fingerprint density at radius 1 is 1.21 bits per heavy atom. The van der Waals surface area contributed by atoms with Gasteiger partial charge in [-0.2, -0.15) is 13.2 Å². The van der Waals surface area contributed by atoms with Crippen LogP contribution >= 0.6 is 28.7 Å². The van der Waals surface area contributed by atoms with Crippen LogP contribution in [0.3, 0.4) is 0 Å². The number of piperazine rings is 1. The summed E-state index contributed by atoms with van der Waals surface area (Å²) in [4.78, 5) is 14.6. The third-order valence-corrected chi connectivity index (χ3v) is 5.40. The van der Waals surface area contributed by atoms with E-state index in [0.29, 0.717) is 16.8 Å². The fourth-order valence-electron chi connectivity index (χ4n) is 3.08. The van der Waals surface area contributed by atoms with Gasteiger partial charge in [-0.1, -0.05) is 53.0 Å². The number of halogens is 4. The molecule has 0 radical (unpaired) electrons. The monoisotopic (exact) mass is 471 g/mol. The molecule has 1 heterocycles. The third-order valence-electron chi connectivity index (χ3n) is 4.42. The molecule has 9 heteroatoms. The zero-order valence-electron chi connectivity index (χ0n) is 14.5. The fraction of sp³-hybridized carbons (Fsp3) is 0.211. The average Bonchev–Trinajstić information content (AvgIpc) is 2.64. The number of hydrogen-bond acceptors (Lipinski definition) is 4. The summed E-state index contributed by atoms with van der Waals surface area (Å²) < 4.78 is 41.2. The lowest BCUT2D eigenvalue weighted by Crippen LogP contribution is -2.47. The minimum atomic E-state index is -4.44. The molecule has 2 aromatic rings. The van der Waals surface area contributed by atoms with E-state index in [-0.39, 0.29) is 19.0 Å². The van der Waals surface area contributed by atoms with Gasteiger partial charge >= 0.3 is 6.18 Å². The van der Waals surface area contributed by atoms with E-state index >= 15 is 0 Å². The Balaban J connectivity index is 1.92. The van der Waals surface area contributed by atoms with Crippen molar-refractivity contribution in [2.24, 2.45) is 5.73 Å². The Morgan fingerprint density at radius 2 is 1.93 bits per heavy atom. The van der Waals surface area contributed by atoms with E-state index in [2.05, 4.69) is 28.7 Å². The van der Waals surface area contributed by atoms with Gasteiger partial charge in [0.25, 0.3) is 5.91 Å². The van der Waals surface area contributed by atoms with Crippen molar-refractivity contribution in [1.29, 1.82) is 0 Å². The highest BCUT2D eigenvalue weighted by Crippen LogP contribution is 2.35. The quantitative estimate of drug-likeness (QED) is 0.648. The second-order valence-electron chi connectivity index (χ2n) is 6.35. The number of nitrogens with zero attached hydrogens (tertiary/aromatic N) is 2. The van der Waals surface area contributed by atoms with E-state index in [0.717, 1.165) is 16.6 Å². The molecule has 0 aliphatic carbocycles. The molecular formula is C19H17BrF3N3OS. The zero-order chi connectivity index (χ0) is 20.5. The van der Waals surface area contributed by atoms with E-state index in [1.54, 1.807) is 24.3 Å². The molecule has 0 spiro atoms. The fourth-order valence-corrected chi connectivity index (χ4v) is 3.86. The summed E-state index contributed by atoms with van der Waals surface area (Å²) >= 11 is 7.81. The number of hydrogen-bond donors (Lipinski definition) is 2. The summed E-state index contributed by atoms with van der Waals surface area (Å²) in [6.07, 6.45) is -3.09. The van der Waals surface area contributed by atoms with Crippen LogP contribution in [-0.2, 0) is 17.5 Å². The maximum absolute atomic E-state index is 13.1. The highest BCUT2D eigenvalue weighted by atomic mass is 79.9. The van der Waals surface area contributed by atoms with E-state index in [9.17, 15) is 18.0 Å². The maximum Gasteiger partial charge on any atom is 0.416 e. The molecule has 0 saturated carbocycles. The predicted octanol–water partition coefficient (Wildman–Crippen LogP) is 4.50. The molecule has 1 saturated heterocycles. The summed E-state index contributed by atoms with van der Waals surface area (Å²) in [5, 5.41) is 0. The van der Waals surface area contributed by atoms with Crippen LogP contribution in [0.15, 0.2) is 64.9 Å². The molecule has 148 valence electrons. The molecule has 28 heavy (non-hydrogen) atoms. The topological polar surface area (TPSA) is 49.6 Å². The Hall–Kier alpha value is -2.13. The molecule has 0 aromatic heterocycles. The van der Waals surface area contributed by atoms with Crippen molar-refractivity contribution in [2.45, 2.75) is 18.8 Å². The van der Waals surface area contributed by atoms with E-state index < -0.39 is 17.8 Å². The standard InChI is InChI=1S/C19H17BrF3N3OS/c20-15-6-2-4-13(8-15)17-18(27)25(11-16(9-24)26(17)28)10-12-3-1-5-14(7-12)19(21,22)23/h1-9,17,28H,10-11,24H2/b16-9-. The van der Waals surface area contributed by atoms with E-state index in [4.69, 9.17) is 5.73 Å². The lowest BCUT2D eigenvalue weighted by Gasteiger charge is -2.40. The molecule has 1 atom stereocenters. The largest absolute Gasteiger partial charge is 0.416 e. The van der Waals surface area contributed by atoms with Crippen molar-refractivity contribution in [3.8, 4) is 0 Å². The van der Waals surface area contributed by atoms with Crippen molar-refractivity contribution >= 4 is 34.7 Å². The second kappa shape index (κ2) is 8.08. The minimum absolute atomic E-state index is 0.0339. The maximum atomic E-state index is 13.1. The van der Waals surface area contributed by atoms with Crippen molar-refractivity contribution in [1.82, 2.24) is 9.21 Å². The first-order valence-corrected chi connectivity index (χ1v) is 9.49. The van der Waals surface area contributed by atoms with Crippen molar-refractivity contribution in [2.75, 3.05) is 6.54 Å². The number of carbonyl (C=O) groups excluding carboxylic acids is 1. The Kier molecular flexibility index (Phi) is 5.95. The van der Waals surface area contributed by atoms with Gasteiger partial charge in [0.1, 0.15) is 6.04 Å². The predicted molar refractivity (Wildman–Crippen MR) is 107 cm³/mol. The highest BCUT2D eigenvalue weighted by Gasteiger charge is 2.37. The van der Waals surface area contributed by atoms with Gasteiger partial charge in [-0.05, 0) is 35.4 Å². The molecule has 2 aromatic carbocycles. The number of amides is 1. The number of rotatable bonds is 3. The van der Waals surface area contributed by atoms with Crippen LogP contribution in [0.25, 0.3) is 0 Å². The molecule has 1 unspecified atom stereocenters. The SMILES string of the molecule is N/C=C1/CN(Cc2cccc(C(F)(F)F)c2)C(=O)C(c2cccc(Br)c2)N1S. The van der Waals surface area contributed by atoms with Gasteiger partial charge in [-0.25, -0.2) is 0 Å². The van der Waals surface area contributed by atoms with Crippen LogP contribution in [0.5, 0.6) is 0 Å². The number of thiol groups is 1. The number of nitrogens with two attached hydrogens (primary N) is 1. The van der Waals surface area contributed by atoms with Gasteiger partial charge in [0, 0.05) is 17.2 Å². The van der Waals surface area contributed by atoms with Crippen LogP contribution in [0, 0.1) is 0 Å².